The number of hydrogen-bond donors (Lipinski definition) is 1. The van der Waals surface area contributed by atoms with Gasteiger partial charge >= 0.3 is 0 Å². The summed E-state index contributed by atoms with van der Waals surface area (Å²) >= 11 is 0. The van der Waals surface area contributed by atoms with E-state index in [4.69, 9.17) is 5.73 Å². The predicted octanol–water partition coefficient (Wildman–Crippen LogP) is 0.479. The number of rotatable bonds is 7. The Bertz CT molecular complexity index is 261. The molecule has 0 atom stereocenters. The van der Waals surface area contributed by atoms with Gasteiger partial charge in [-0.2, -0.15) is 0 Å². The van der Waals surface area contributed by atoms with E-state index in [0.717, 1.165) is 6.54 Å². The van der Waals surface area contributed by atoms with Gasteiger partial charge in [-0.1, -0.05) is 0 Å². The minimum Gasteiger partial charge on any atom is -0.329 e. The maximum atomic E-state index is 11.6. The van der Waals surface area contributed by atoms with Crippen LogP contribution in [0.2, 0.25) is 0 Å². The molecule has 0 aliphatic carbocycles. The third kappa shape index (κ3) is 5.49. The van der Waals surface area contributed by atoms with E-state index in [1.165, 1.54) is 0 Å². The fraction of sp³-hybridized carbons (Fsp3) is 1.00. The number of sulfone groups is 1. The molecule has 0 saturated carbocycles. The lowest BCUT2D eigenvalue weighted by Crippen LogP contribution is -2.39. The maximum Gasteiger partial charge on any atom is 0.153 e. The Morgan fingerprint density at radius 2 is 1.67 bits per heavy atom. The summed E-state index contributed by atoms with van der Waals surface area (Å²) in [6.45, 7) is 9.45. The van der Waals surface area contributed by atoms with Crippen LogP contribution >= 0.6 is 0 Å². The zero-order valence-electron chi connectivity index (χ0n) is 10.2. The molecule has 5 heteroatoms. The second-order valence-corrected chi connectivity index (χ2v) is 7.01. The van der Waals surface area contributed by atoms with Crippen molar-refractivity contribution in [2.75, 3.05) is 25.4 Å². The summed E-state index contributed by atoms with van der Waals surface area (Å²) in [7, 11) is -2.93. The second kappa shape index (κ2) is 6.45. The molecule has 0 fully saturated rings. The summed E-state index contributed by atoms with van der Waals surface area (Å²) in [5.41, 5.74) is 5.48. The fourth-order valence-electron chi connectivity index (χ4n) is 1.27. The monoisotopic (exact) mass is 236 g/mol. The molecule has 0 aliphatic rings. The van der Waals surface area contributed by atoms with Gasteiger partial charge in [0.1, 0.15) is 0 Å². The molecule has 0 rings (SSSR count). The van der Waals surface area contributed by atoms with Crippen LogP contribution in [0.15, 0.2) is 0 Å². The molecule has 4 nitrogen and oxygen atoms in total. The topological polar surface area (TPSA) is 63.4 Å². The van der Waals surface area contributed by atoms with E-state index in [1.54, 1.807) is 13.8 Å². The molecule has 0 aromatic rings. The Hall–Kier alpha value is -0.130. The van der Waals surface area contributed by atoms with Crippen molar-refractivity contribution in [3.05, 3.63) is 0 Å². The molecule has 0 aromatic carbocycles. The summed E-state index contributed by atoms with van der Waals surface area (Å²) in [6, 6.07) is 0.343. The van der Waals surface area contributed by atoms with Gasteiger partial charge in [0.05, 0.1) is 11.0 Å². The minimum absolute atomic E-state index is 0.225. The Morgan fingerprint density at radius 3 is 2.00 bits per heavy atom. The largest absolute Gasteiger partial charge is 0.329 e. The van der Waals surface area contributed by atoms with E-state index < -0.39 is 9.84 Å². The summed E-state index contributed by atoms with van der Waals surface area (Å²) in [5.74, 6) is 0.225. The highest BCUT2D eigenvalue weighted by Crippen LogP contribution is 2.03. The SMILES string of the molecule is CC(C)N(CCN)CCS(=O)(=O)C(C)C. The van der Waals surface area contributed by atoms with Crippen LogP contribution < -0.4 is 5.73 Å². The number of hydrogen-bond acceptors (Lipinski definition) is 4. The van der Waals surface area contributed by atoms with Crippen molar-refractivity contribution >= 4 is 9.84 Å². The zero-order valence-corrected chi connectivity index (χ0v) is 11.0. The smallest absolute Gasteiger partial charge is 0.153 e. The number of nitrogens with zero attached hydrogens (tertiary/aromatic N) is 1. The van der Waals surface area contributed by atoms with Crippen LogP contribution in [0.5, 0.6) is 0 Å². The highest BCUT2D eigenvalue weighted by molar-refractivity contribution is 7.92. The second-order valence-electron chi connectivity index (χ2n) is 4.33. The lowest BCUT2D eigenvalue weighted by Gasteiger charge is -2.25. The minimum atomic E-state index is -2.93. The predicted molar refractivity (Wildman–Crippen MR) is 64.7 cm³/mol. The van der Waals surface area contributed by atoms with E-state index in [-0.39, 0.29) is 11.0 Å². The fourth-order valence-corrected chi connectivity index (χ4v) is 2.23. The molecule has 2 N–H and O–H groups in total. The third-order valence-electron chi connectivity index (χ3n) is 2.53. The lowest BCUT2D eigenvalue weighted by molar-refractivity contribution is 0.241. The summed E-state index contributed by atoms with van der Waals surface area (Å²) in [6.07, 6.45) is 0. The molecule has 92 valence electrons. The van der Waals surface area contributed by atoms with Crippen molar-refractivity contribution in [2.24, 2.45) is 5.73 Å². The van der Waals surface area contributed by atoms with Gasteiger partial charge in [0.2, 0.25) is 0 Å². The van der Waals surface area contributed by atoms with Crippen molar-refractivity contribution in [2.45, 2.75) is 39.0 Å². The molecule has 15 heavy (non-hydrogen) atoms. The van der Waals surface area contributed by atoms with E-state index in [9.17, 15) is 8.42 Å². The Kier molecular flexibility index (Phi) is 6.40. The van der Waals surface area contributed by atoms with Crippen molar-refractivity contribution in [1.82, 2.24) is 4.90 Å². The highest BCUT2D eigenvalue weighted by atomic mass is 32.2. The number of nitrogens with two attached hydrogens (primary N) is 1. The molecule has 0 saturated heterocycles. The maximum absolute atomic E-state index is 11.6. The Morgan fingerprint density at radius 1 is 1.13 bits per heavy atom. The molecule has 0 radical (unpaired) electrons. The van der Waals surface area contributed by atoms with Gasteiger partial charge < -0.3 is 5.73 Å². The van der Waals surface area contributed by atoms with Gasteiger partial charge in [0.15, 0.2) is 9.84 Å². The van der Waals surface area contributed by atoms with Crippen molar-refractivity contribution in [3.8, 4) is 0 Å². The highest BCUT2D eigenvalue weighted by Gasteiger charge is 2.18. The Balaban J connectivity index is 4.22. The molecular weight excluding hydrogens is 212 g/mol. The van der Waals surface area contributed by atoms with E-state index in [1.807, 2.05) is 0 Å². The first-order valence-electron chi connectivity index (χ1n) is 5.47. The molecule has 0 aliphatic heterocycles. The van der Waals surface area contributed by atoms with Gasteiger partial charge in [-0.05, 0) is 27.7 Å². The average molecular weight is 236 g/mol. The lowest BCUT2D eigenvalue weighted by atomic mass is 10.3. The molecule has 0 heterocycles. The summed E-state index contributed by atoms with van der Waals surface area (Å²) in [5, 5.41) is -0.288. The molecule has 0 spiro atoms. The van der Waals surface area contributed by atoms with E-state index in [0.29, 0.717) is 19.1 Å². The van der Waals surface area contributed by atoms with Crippen LogP contribution in [0.1, 0.15) is 27.7 Å². The van der Waals surface area contributed by atoms with E-state index in [2.05, 4.69) is 18.7 Å². The summed E-state index contributed by atoms with van der Waals surface area (Å²) in [4.78, 5) is 2.10. The van der Waals surface area contributed by atoms with Gasteiger partial charge in [-0.15, -0.1) is 0 Å². The molecule has 0 unspecified atom stereocenters. The van der Waals surface area contributed by atoms with Crippen LogP contribution in [0.4, 0.5) is 0 Å². The molecule has 0 bridgehead atoms. The normalized spacial score (nSPS) is 13.1. The summed E-state index contributed by atoms with van der Waals surface area (Å²) < 4.78 is 23.2. The van der Waals surface area contributed by atoms with Crippen LogP contribution in [0.3, 0.4) is 0 Å². The molecule has 0 aromatic heterocycles. The average Bonchev–Trinajstić information content (AvgIpc) is 2.11. The van der Waals surface area contributed by atoms with E-state index >= 15 is 0 Å². The van der Waals surface area contributed by atoms with Crippen molar-refractivity contribution in [3.63, 3.8) is 0 Å². The van der Waals surface area contributed by atoms with Crippen LogP contribution in [-0.2, 0) is 9.84 Å². The third-order valence-corrected chi connectivity index (χ3v) is 4.72. The van der Waals surface area contributed by atoms with Crippen molar-refractivity contribution < 1.29 is 8.42 Å². The van der Waals surface area contributed by atoms with Gasteiger partial charge in [0, 0.05) is 25.7 Å². The van der Waals surface area contributed by atoms with Crippen LogP contribution in [-0.4, -0.2) is 50.0 Å². The van der Waals surface area contributed by atoms with Gasteiger partial charge in [0.25, 0.3) is 0 Å². The van der Waals surface area contributed by atoms with Crippen LogP contribution in [0, 0.1) is 0 Å². The quantitative estimate of drug-likeness (QED) is 0.698. The van der Waals surface area contributed by atoms with Crippen molar-refractivity contribution in [1.29, 1.82) is 0 Å². The zero-order chi connectivity index (χ0) is 12.1. The Labute approximate surface area is 93.7 Å². The first-order valence-corrected chi connectivity index (χ1v) is 7.18. The van der Waals surface area contributed by atoms with Crippen LogP contribution in [0.25, 0.3) is 0 Å². The molecule has 0 amide bonds. The first-order chi connectivity index (χ1) is 6.81. The molecular formula is C10H24N2O2S. The first kappa shape index (κ1) is 14.9. The van der Waals surface area contributed by atoms with Gasteiger partial charge in [-0.25, -0.2) is 8.42 Å². The van der Waals surface area contributed by atoms with Gasteiger partial charge in [-0.3, -0.25) is 4.90 Å². The standard InChI is InChI=1S/C10H24N2O2S/c1-9(2)12(6-5-11)7-8-15(13,14)10(3)4/h9-10H,5-8,11H2,1-4H3.